The lowest BCUT2D eigenvalue weighted by atomic mass is 10.1. The second kappa shape index (κ2) is 4.44. The second-order valence-electron chi connectivity index (χ2n) is 3.41. The molecule has 0 bridgehead atoms. The highest BCUT2D eigenvalue weighted by molar-refractivity contribution is 7.89. The minimum Gasteiger partial charge on any atom is -0.262 e. The predicted octanol–water partition coefficient (Wildman–Crippen LogP) is 0.696. The van der Waals surface area contributed by atoms with Crippen molar-refractivity contribution in [1.29, 1.82) is 0 Å². The molecule has 2 rings (SSSR count). The quantitative estimate of drug-likeness (QED) is 0.858. The number of hydrogen-bond donors (Lipinski definition) is 2. The lowest BCUT2D eigenvalue weighted by molar-refractivity contribution is 0.589. The van der Waals surface area contributed by atoms with Gasteiger partial charge in [-0.1, -0.05) is 23.7 Å². The van der Waals surface area contributed by atoms with Crippen LogP contribution in [0.4, 0.5) is 0 Å². The molecule has 0 atom stereocenters. The van der Waals surface area contributed by atoms with E-state index in [1.54, 1.807) is 12.1 Å². The molecule has 0 fully saturated rings. The van der Waals surface area contributed by atoms with E-state index in [1.165, 1.54) is 0 Å². The number of H-pyrrole nitrogens is 1. The fourth-order valence-corrected chi connectivity index (χ4v) is 1.82. The number of halogens is 1. The van der Waals surface area contributed by atoms with E-state index in [2.05, 4.69) is 15.2 Å². The van der Waals surface area contributed by atoms with Gasteiger partial charge in [-0.15, -0.1) is 5.10 Å². The molecule has 1 aromatic heterocycles. The van der Waals surface area contributed by atoms with Gasteiger partial charge >= 0.3 is 0 Å². The van der Waals surface area contributed by atoms with Gasteiger partial charge in [-0.2, -0.15) is 0 Å². The third kappa shape index (κ3) is 3.02. The largest absolute Gasteiger partial charge is 0.282 e. The number of primary sulfonamides is 1. The fraction of sp³-hybridized carbons (Fsp3) is 0.111. The summed E-state index contributed by atoms with van der Waals surface area (Å²) in [5.74, 6) is 0.427. The van der Waals surface area contributed by atoms with Gasteiger partial charge in [0.15, 0.2) is 0 Å². The van der Waals surface area contributed by atoms with Crippen molar-refractivity contribution < 1.29 is 8.42 Å². The van der Waals surface area contributed by atoms with Crippen LogP contribution in [0.2, 0.25) is 5.02 Å². The minimum atomic E-state index is -3.86. The molecule has 0 amide bonds. The molecule has 1 heterocycles. The first-order valence-electron chi connectivity index (χ1n) is 4.64. The van der Waals surface area contributed by atoms with Crippen LogP contribution in [0.3, 0.4) is 0 Å². The zero-order valence-electron chi connectivity index (χ0n) is 8.59. The molecule has 0 saturated heterocycles. The van der Waals surface area contributed by atoms with Crippen molar-refractivity contribution in [2.45, 2.75) is 11.6 Å². The summed E-state index contributed by atoms with van der Waals surface area (Å²) >= 11 is 5.75. The first-order chi connectivity index (χ1) is 7.95. The smallest absolute Gasteiger partial charge is 0.262 e. The van der Waals surface area contributed by atoms with Gasteiger partial charge in [-0.3, -0.25) is 5.10 Å². The van der Waals surface area contributed by atoms with Gasteiger partial charge in [-0.05, 0) is 17.7 Å². The lowest BCUT2D eigenvalue weighted by Crippen LogP contribution is -2.13. The summed E-state index contributed by atoms with van der Waals surface area (Å²) in [6, 6.07) is 7.13. The number of nitrogens with two attached hydrogens (primary N) is 1. The molecule has 3 N–H and O–H groups in total. The molecule has 0 unspecified atom stereocenters. The van der Waals surface area contributed by atoms with E-state index in [0.717, 1.165) is 5.56 Å². The van der Waals surface area contributed by atoms with Crippen molar-refractivity contribution in [3.05, 3.63) is 40.7 Å². The topological polar surface area (TPSA) is 102 Å². The SMILES string of the molecule is NS(=O)(=O)c1n[nH]c(Cc2ccc(Cl)cc2)n1. The Morgan fingerprint density at radius 3 is 2.47 bits per heavy atom. The number of rotatable bonds is 3. The zero-order valence-corrected chi connectivity index (χ0v) is 10.2. The molecular formula is C9H9ClN4O2S. The molecule has 0 spiro atoms. The Hall–Kier alpha value is -1.44. The van der Waals surface area contributed by atoms with E-state index < -0.39 is 15.2 Å². The van der Waals surface area contributed by atoms with Gasteiger partial charge in [0.25, 0.3) is 15.2 Å². The summed E-state index contributed by atoms with van der Waals surface area (Å²) < 4.78 is 21.9. The monoisotopic (exact) mass is 272 g/mol. The Balaban J connectivity index is 2.20. The number of benzene rings is 1. The maximum atomic E-state index is 11.0. The first-order valence-corrected chi connectivity index (χ1v) is 6.56. The molecule has 17 heavy (non-hydrogen) atoms. The highest BCUT2D eigenvalue weighted by Crippen LogP contribution is 2.12. The maximum Gasteiger partial charge on any atom is 0.282 e. The average Bonchev–Trinajstić information content (AvgIpc) is 2.69. The van der Waals surface area contributed by atoms with Gasteiger partial charge in [-0.25, -0.2) is 18.5 Å². The van der Waals surface area contributed by atoms with Gasteiger partial charge < -0.3 is 0 Å². The summed E-state index contributed by atoms with van der Waals surface area (Å²) in [6.07, 6.45) is 0.430. The van der Waals surface area contributed by atoms with Crippen molar-refractivity contribution in [2.75, 3.05) is 0 Å². The van der Waals surface area contributed by atoms with Crippen molar-refractivity contribution in [2.24, 2.45) is 5.14 Å². The van der Waals surface area contributed by atoms with E-state index in [4.69, 9.17) is 16.7 Å². The number of hydrogen-bond acceptors (Lipinski definition) is 4. The van der Waals surface area contributed by atoms with Crippen LogP contribution >= 0.6 is 11.6 Å². The van der Waals surface area contributed by atoms with Crippen LogP contribution in [0, 0.1) is 0 Å². The highest BCUT2D eigenvalue weighted by Gasteiger charge is 2.14. The van der Waals surface area contributed by atoms with Crippen LogP contribution in [0.25, 0.3) is 0 Å². The Morgan fingerprint density at radius 2 is 1.94 bits per heavy atom. The molecule has 0 radical (unpaired) electrons. The van der Waals surface area contributed by atoms with Gasteiger partial charge in [0, 0.05) is 11.4 Å². The number of sulfonamides is 1. The van der Waals surface area contributed by atoms with E-state index in [1.807, 2.05) is 12.1 Å². The molecule has 0 aliphatic rings. The van der Waals surface area contributed by atoms with Crippen LogP contribution in [-0.2, 0) is 16.4 Å². The van der Waals surface area contributed by atoms with Gasteiger partial charge in [0.05, 0.1) is 0 Å². The summed E-state index contributed by atoms with van der Waals surface area (Å²) in [5, 5.41) is 11.2. The standard InChI is InChI=1S/C9H9ClN4O2S/c10-7-3-1-6(2-4-7)5-8-12-9(14-13-8)17(11,15)16/h1-4H,5H2,(H2,11,15,16)(H,12,13,14). The molecule has 8 heteroatoms. The van der Waals surface area contributed by atoms with Crippen molar-refractivity contribution in [3.8, 4) is 0 Å². The van der Waals surface area contributed by atoms with E-state index in [0.29, 0.717) is 17.3 Å². The zero-order chi connectivity index (χ0) is 12.5. The summed E-state index contributed by atoms with van der Waals surface area (Å²) in [5.41, 5.74) is 0.937. The molecule has 0 saturated carbocycles. The summed E-state index contributed by atoms with van der Waals surface area (Å²) in [4.78, 5) is 3.79. The van der Waals surface area contributed by atoms with Gasteiger partial charge in [0.2, 0.25) is 0 Å². The summed E-state index contributed by atoms with van der Waals surface area (Å²) in [6.45, 7) is 0. The van der Waals surface area contributed by atoms with E-state index in [9.17, 15) is 8.42 Å². The molecule has 2 aromatic rings. The number of aromatic nitrogens is 3. The normalized spacial score (nSPS) is 11.6. The lowest BCUT2D eigenvalue weighted by Gasteiger charge is -1.97. The molecule has 0 aliphatic heterocycles. The Kier molecular flexibility index (Phi) is 3.14. The van der Waals surface area contributed by atoms with Crippen molar-refractivity contribution >= 4 is 21.6 Å². The fourth-order valence-electron chi connectivity index (χ4n) is 1.28. The van der Waals surface area contributed by atoms with Crippen molar-refractivity contribution in [3.63, 3.8) is 0 Å². The molecular weight excluding hydrogens is 264 g/mol. The third-order valence-corrected chi connectivity index (χ3v) is 2.99. The molecule has 0 aliphatic carbocycles. The Labute approximate surface area is 103 Å². The van der Waals surface area contributed by atoms with Crippen LogP contribution in [0.15, 0.2) is 29.4 Å². The first kappa shape index (κ1) is 12.0. The molecule has 90 valence electrons. The maximum absolute atomic E-state index is 11.0. The van der Waals surface area contributed by atoms with Crippen LogP contribution in [0.1, 0.15) is 11.4 Å². The average molecular weight is 273 g/mol. The Morgan fingerprint density at radius 1 is 1.29 bits per heavy atom. The van der Waals surface area contributed by atoms with Crippen LogP contribution in [0.5, 0.6) is 0 Å². The third-order valence-electron chi connectivity index (χ3n) is 2.05. The number of aromatic amines is 1. The summed E-state index contributed by atoms with van der Waals surface area (Å²) in [7, 11) is -3.86. The minimum absolute atomic E-state index is 0.401. The number of nitrogens with one attached hydrogen (secondary N) is 1. The highest BCUT2D eigenvalue weighted by atomic mass is 35.5. The number of nitrogens with zero attached hydrogens (tertiary/aromatic N) is 2. The van der Waals surface area contributed by atoms with Crippen LogP contribution in [-0.4, -0.2) is 23.6 Å². The van der Waals surface area contributed by atoms with Crippen LogP contribution < -0.4 is 5.14 Å². The second-order valence-corrected chi connectivity index (χ2v) is 5.30. The predicted molar refractivity (Wildman–Crippen MR) is 62.0 cm³/mol. The van der Waals surface area contributed by atoms with Crippen molar-refractivity contribution in [1.82, 2.24) is 15.2 Å². The van der Waals surface area contributed by atoms with E-state index >= 15 is 0 Å². The molecule has 6 nitrogen and oxygen atoms in total. The Bertz CT molecular complexity index is 621. The molecule has 1 aromatic carbocycles. The van der Waals surface area contributed by atoms with E-state index in [-0.39, 0.29) is 0 Å². The van der Waals surface area contributed by atoms with Gasteiger partial charge in [0.1, 0.15) is 5.82 Å².